The molecule has 0 saturated carbocycles. The Labute approximate surface area is 152 Å². The van der Waals surface area contributed by atoms with E-state index in [4.69, 9.17) is 5.73 Å². The predicted octanol–water partition coefficient (Wildman–Crippen LogP) is 6.03. The molecule has 5 aromatic rings. The van der Waals surface area contributed by atoms with Crippen LogP contribution in [0.2, 0.25) is 0 Å². The monoisotopic (exact) mass is 334 g/mol. The highest BCUT2D eigenvalue weighted by atomic mass is 15.0. The van der Waals surface area contributed by atoms with Crippen molar-refractivity contribution in [2.24, 2.45) is 0 Å². The van der Waals surface area contributed by atoms with Gasteiger partial charge in [0.05, 0.1) is 11.0 Å². The zero-order valence-electron chi connectivity index (χ0n) is 14.3. The van der Waals surface area contributed by atoms with Gasteiger partial charge in [-0.2, -0.15) is 0 Å². The van der Waals surface area contributed by atoms with Gasteiger partial charge in [-0.1, -0.05) is 66.7 Å². The first-order valence-corrected chi connectivity index (χ1v) is 8.76. The maximum absolute atomic E-state index is 6.13. The van der Waals surface area contributed by atoms with Crippen LogP contribution in [0.1, 0.15) is 0 Å². The van der Waals surface area contributed by atoms with Gasteiger partial charge in [0.15, 0.2) is 0 Å². The molecule has 0 aliphatic carbocycles. The highest BCUT2D eigenvalue weighted by Gasteiger charge is 2.15. The predicted molar refractivity (Wildman–Crippen MR) is 111 cm³/mol. The van der Waals surface area contributed by atoms with E-state index in [2.05, 4.69) is 89.5 Å². The van der Waals surface area contributed by atoms with E-state index in [-0.39, 0.29) is 0 Å². The van der Waals surface area contributed by atoms with E-state index in [1.54, 1.807) is 0 Å². The van der Waals surface area contributed by atoms with Crippen LogP contribution < -0.4 is 5.73 Å². The molecule has 0 saturated heterocycles. The number of nitrogens with zero attached hydrogens (tertiary/aromatic N) is 1. The largest absolute Gasteiger partial charge is 0.399 e. The molecule has 0 bridgehead atoms. The van der Waals surface area contributed by atoms with Gasteiger partial charge in [-0.15, -0.1) is 0 Å². The second-order valence-corrected chi connectivity index (χ2v) is 6.51. The molecule has 0 fully saturated rings. The molecular formula is C24H18N2. The molecule has 0 atom stereocenters. The van der Waals surface area contributed by atoms with Crippen molar-refractivity contribution in [3.8, 4) is 16.8 Å². The molecule has 124 valence electrons. The van der Waals surface area contributed by atoms with Crippen LogP contribution in [0.4, 0.5) is 5.69 Å². The first kappa shape index (κ1) is 14.8. The molecule has 1 heterocycles. The highest BCUT2D eigenvalue weighted by Crippen LogP contribution is 2.38. The number of rotatable bonds is 2. The Kier molecular flexibility index (Phi) is 3.29. The summed E-state index contributed by atoms with van der Waals surface area (Å²) in [5.41, 5.74) is 12.8. The van der Waals surface area contributed by atoms with E-state index in [1.165, 1.54) is 27.4 Å². The van der Waals surface area contributed by atoms with E-state index in [1.807, 2.05) is 12.1 Å². The van der Waals surface area contributed by atoms with E-state index < -0.39 is 0 Å². The van der Waals surface area contributed by atoms with Crippen LogP contribution in [-0.2, 0) is 0 Å². The Balaban J connectivity index is 1.97. The van der Waals surface area contributed by atoms with Gasteiger partial charge >= 0.3 is 0 Å². The van der Waals surface area contributed by atoms with Gasteiger partial charge in [-0.25, -0.2) is 0 Å². The number of nitrogen functional groups attached to an aromatic ring is 1. The van der Waals surface area contributed by atoms with Crippen molar-refractivity contribution in [1.82, 2.24) is 4.57 Å². The zero-order valence-corrected chi connectivity index (χ0v) is 14.3. The van der Waals surface area contributed by atoms with Crippen LogP contribution in [0.3, 0.4) is 0 Å². The lowest BCUT2D eigenvalue weighted by molar-refractivity contribution is 1.18. The van der Waals surface area contributed by atoms with Crippen molar-refractivity contribution in [2.45, 2.75) is 0 Å². The molecule has 2 nitrogen and oxygen atoms in total. The maximum Gasteiger partial charge on any atom is 0.0561 e. The normalized spacial score (nSPS) is 11.2. The van der Waals surface area contributed by atoms with Crippen molar-refractivity contribution in [3.63, 3.8) is 0 Å². The summed E-state index contributed by atoms with van der Waals surface area (Å²) >= 11 is 0. The van der Waals surface area contributed by atoms with Gasteiger partial charge in [0.1, 0.15) is 0 Å². The summed E-state index contributed by atoms with van der Waals surface area (Å²) in [7, 11) is 0. The summed E-state index contributed by atoms with van der Waals surface area (Å²) in [5.74, 6) is 0. The average Bonchev–Trinajstić information content (AvgIpc) is 3.02. The molecule has 0 aliphatic rings. The molecule has 0 radical (unpaired) electrons. The van der Waals surface area contributed by atoms with E-state index in [0.717, 1.165) is 16.9 Å². The van der Waals surface area contributed by atoms with Crippen molar-refractivity contribution in [2.75, 3.05) is 5.73 Å². The topological polar surface area (TPSA) is 30.9 Å². The molecule has 0 aliphatic heterocycles. The molecule has 1 aromatic heterocycles. The Hall–Kier alpha value is -3.52. The number of aromatic nitrogens is 1. The molecule has 4 aromatic carbocycles. The smallest absolute Gasteiger partial charge is 0.0561 e. The fourth-order valence-corrected chi connectivity index (χ4v) is 3.80. The van der Waals surface area contributed by atoms with Crippen molar-refractivity contribution >= 4 is 27.5 Å². The minimum absolute atomic E-state index is 0.777. The molecule has 0 amide bonds. The number of anilines is 1. The van der Waals surface area contributed by atoms with Crippen LogP contribution >= 0.6 is 0 Å². The van der Waals surface area contributed by atoms with Crippen LogP contribution in [-0.4, -0.2) is 4.57 Å². The van der Waals surface area contributed by atoms with Crippen LogP contribution in [0.15, 0.2) is 97.1 Å². The molecular weight excluding hydrogens is 316 g/mol. The SMILES string of the molecule is Nc1ccc2c3c(-c4ccccc4)cccc3n(-c3ccccc3)c2c1. The van der Waals surface area contributed by atoms with Crippen molar-refractivity contribution in [3.05, 3.63) is 97.1 Å². The number of hydrogen-bond donors (Lipinski definition) is 1. The molecule has 0 spiro atoms. The average molecular weight is 334 g/mol. The summed E-state index contributed by atoms with van der Waals surface area (Å²) in [6.45, 7) is 0. The third-order valence-electron chi connectivity index (χ3n) is 4.91. The third kappa shape index (κ3) is 2.20. The summed E-state index contributed by atoms with van der Waals surface area (Å²) in [6, 6.07) is 33.7. The minimum Gasteiger partial charge on any atom is -0.399 e. The third-order valence-corrected chi connectivity index (χ3v) is 4.91. The summed E-state index contributed by atoms with van der Waals surface area (Å²) in [6.07, 6.45) is 0. The van der Waals surface area contributed by atoms with Gasteiger partial charge in [-0.05, 0) is 41.5 Å². The highest BCUT2D eigenvalue weighted by molar-refractivity contribution is 6.16. The van der Waals surface area contributed by atoms with Gasteiger partial charge in [0.2, 0.25) is 0 Å². The first-order chi connectivity index (χ1) is 12.8. The first-order valence-electron chi connectivity index (χ1n) is 8.76. The lowest BCUT2D eigenvalue weighted by atomic mass is 9.99. The lowest BCUT2D eigenvalue weighted by Gasteiger charge is -2.08. The summed E-state index contributed by atoms with van der Waals surface area (Å²) in [5, 5.41) is 2.48. The zero-order chi connectivity index (χ0) is 17.5. The van der Waals surface area contributed by atoms with Crippen LogP contribution in [0.5, 0.6) is 0 Å². The van der Waals surface area contributed by atoms with E-state index in [9.17, 15) is 0 Å². The fraction of sp³-hybridized carbons (Fsp3) is 0. The van der Waals surface area contributed by atoms with E-state index >= 15 is 0 Å². The standard InChI is InChI=1S/C24H18N2/c25-18-14-15-21-23(16-18)26(19-10-5-2-6-11-19)22-13-7-12-20(24(21)22)17-8-3-1-4-9-17/h1-16H,25H2. The van der Waals surface area contributed by atoms with Gasteiger partial charge in [-0.3, -0.25) is 0 Å². The number of hydrogen-bond acceptors (Lipinski definition) is 1. The minimum atomic E-state index is 0.777. The van der Waals surface area contributed by atoms with Gasteiger partial charge in [0.25, 0.3) is 0 Å². The molecule has 2 heteroatoms. The summed E-state index contributed by atoms with van der Waals surface area (Å²) < 4.78 is 2.30. The number of para-hydroxylation sites is 1. The van der Waals surface area contributed by atoms with Crippen molar-refractivity contribution < 1.29 is 0 Å². The van der Waals surface area contributed by atoms with Gasteiger partial charge in [0, 0.05) is 22.1 Å². The molecule has 2 N–H and O–H groups in total. The van der Waals surface area contributed by atoms with Crippen LogP contribution in [0.25, 0.3) is 38.6 Å². The lowest BCUT2D eigenvalue weighted by Crippen LogP contribution is -1.94. The second kappa shape index (κ2) is 5.78. The Morgan fingerprint density at radius 3 is 2.12 bits per heavy atom. The van der Waals surface area contributed by atoms with Gasteiger partial charge < -0.3 is 10.3 Å². The number of nitrogens with two attached hydrogens (primary N) is 1. The van der Waals surface area contributed by atoms with Crippen molar-refractivity contribution in [1.29, 1.82) is 0 Å². The Bertz CT molecular complexity index is 1220. The summed E-state index contributed by atoms with van der Waals surface area (Å²) in [4.78, 5) is 0. The van der Waals surface area contributed by atoms with E-state index in [0.29, 0.717) is 0 Å². The Morgan fingerprint density at radius 2 is 1.35 bits per heavy atom. The molecule has 5 rings (SSSR count). The molecule has 0 unspecified atom stereocenters. The quantitative estimate of drug-likeness (QED) is 0.392. The fourth-order valence-electron chi connectivity index (χ4n) is 3.80. The number of fused-ring (bicyclic) bond motifs is 3. The van der Waals surface area contributed by atoms with Crippen LogP contribution in [0, 0.1) is 0 Å². The second-order valence-electron chi connectivity index (χ2n) is 6.51. The number of benzene rings is 4. The Morgan fingerprint density at radius 1 is 0.615 bits per heavy atom. The molecule has 26 heavy (non-hydrogen) atoms. The maximum atomic E-state index is 6.13.